The lowest BCUT2D eigenvalue weighted by Gasteiger charge is -1.95. The summed E-state index contributed by atoms with van der Waals surface area (Å²) in [5.41, 5.74) is 1.26. The van der Waals surface area contributed by atoms with Crippen molar-refractivity contribution < 1.29 is 14.3 Å². The Morgan fingerprint density at radius 3 is 2.89 bits per heavy atom. The number of benzene rings is 1. The first-order chi connectivity index (χ1) is 8.61. The van der Waals surface area contributed by atoms with Gasteiger partial charge in [0, 0.05) is 10.0 Å². The molecule has 0 fully saturated rings. The first-order valence-electron chi connectivity index (χ1n) is 5.60. The summed E-state index contributed by atoms with van der Waals surface area (Å²) in [7, 11) is 0. The van der Waals surface area contributed by atoms with Crippen LogP contribution in [0.4, 0.5) is 0 Å². The van der Waals surface area contributed by atoms with Crippen molar-refractivity contribution in [3.63, 3.8) is 0 Å². The van der Waals surface area contributed by atoms with Gasteiger partial charge < -0.3 is 9.52 Å². The summed E-state index contributed by atoms with van der Waals surface area (Å²) in [5.74, 6) is -0.795. The van der Waals surface area contributed by atoms with E-state index in [-0.39, 0.29) is 5.76 Å². The number of oxazole rings is 1. The van der Waals surface area contributed by atoms with Crippen molar-refractivity contribution in [1.29, 1.82) is 0 Å². The molecule has 5 heteroatoms. The average Bonchev–Trinajstić information content (AvgIpc) is 2.74. The van der Waals surface area contributed by atoms with Gasteiger partial charge in [0.05, 0.1) is 5.69 Å². The number of carboxylic acids is 1. The van der Waals surface area contributed by atoms with Gasteiger partial charge in [0.1, 0.15) is 0 Å². The SMILES string of the molecule is CCCc1nc(-c2cccc(Br)c2)oc1C(=O)O. The normalized spacial score (nSPS) is 10.6. The Morgan fingerprint density at radius 1 is 1.50 bits per heavy atom. The van der Waals surface area contributed by atoms with Gasteiger partial charge >= 0.3 is 5.97 Å². The topological polar surface area (TPSA) is 63.3 Å². The third-order valence-electron chi connectivity index (χ3n) is 2.45. The maximum Gasteiger partial charge on any atom is 0.373 e. The van der Waals surface area contributed by atoms with E-state index in [4.69, 9.17) is 9.52 Å². The van der Waals surface area contributed by atoms with Crippen LogP contribution in [0.1, 0.15) is 29.6 Å². The lowest BCUT2D eigenvalue weighted by molar-refractivity contribution is 0.0661. The van der Waals surface area contributed by atoms with Gasteiger partial charge in [-0.3, -0.25) is 0 Å². The molecule has 4 nitrogen and oxygen atoms in total. The van der Waals surface area contributed by atoms with E-state index < -0.39 is 5.97 Å². The molecule has 0 unspecified atom stereocenters. The lowest BCUT2D eigenvalue weighted by Crippen LogP contribution is -1.99. The van der Waals surface area contributed by atoms with E-state index in [2.05, 4.69) is 20.9 Å². The Labute approximate surface area is 113 Å². The predicted molar refractivity (Wildman–Crippen MR) is 70.6 cm³/mol. The van der Waals surface area contributed by atoms with E-state index >= 15 is 0 Å². The van der Waals surface area contributed by atoms with Crippen LogP contribution in [-0.4, -0.2) is 16.1 Å². The maximum absolute atomic E-state index is 11.1. The Morgan fingerprint density at radius 2 is 2.28 bits per heavy atom. The first-order valence-corrected chi connectivity index (χ1v) is 6.40. The van der Waals surface area contributed by atoms with E-state index in [9.17, 15) is 4.79 Å². The third-order valence-corrected chi connectivity index (χ3v) is 2.94. The standard InChI is InChI=1S/C13H12BrNO3/c1-2-4-10-11(13(16)17)18-12(15-10)8-5-3-6-9(14)7-8/h3,5-7H,2,4H2,1H3,(H,16,17). The predicted octanol–water partition coefficient (Wildman–Crippen LogP) is 3.75. The van der Waals surface area contributed by atoms with Gasteiger partial charge in [-0.05, 0) is 24.6 Å². The molecule has 0 atom stereocenters. The fraction of sp³-hybridized carbons (Fsp3) is 0.231. The number of hydrogen-bond donors (Lipinski definition) is 1. The van der Waals surface area contributed by atoms with Gasteiger partial charge in [0.2, 0.25) is 11.7 Å². The van der Waals surface area contributed by atoms with Crippen molar-refractivity contribution in [2.24, 2.45) is 0 Å². The number of aromatic nitrogens is 1. The number of nitrogens with zero attached hydrogens (tertiary/aromatic N) is 1. The van der Waals surface area contributed by atoms with Gasteiger partial charge in [0.15, 0.2) is 0 Å². The van der Waals surface area contributed by atoms with Gasteiger partial charge in [0.25, 0.3) is 0 Å². The van der Waals surface area contributed by atoms with Gasteiger partial charge in [-0.25, -0.2) is 9.78 Å². The van der Waals surface area contributed by atoms with Crippen LogP contribution in [0, 0.1) is 0 Å². The quantitative estimate of drug-likeness (QED) is 0.934. The minimum absolute atomic E-state index is 0.0631. The van der Waals surface area contributed by atoms with E-state index in [0.717, 1.165) is 16.5 Å². The molecule has 1 heterocycles. The molecule has 0 aliphatic rings. The number of aryl methyl sites for hydroxylation is 1. The zero-order valence-electron chi connectivity index (χ0n) is 9.81. The number of halogens is 1. The van der Waals surface area contributed by atoms with E-state index in [1.54, 1.807) is 0 Å². The smallest absolute Gasteiger partial charge is 0.373 e. The van der Waals surface area contributed by atoms with Crippen LogP contribution < -0.4 is 0 Å². The fourth-order valence-electron chi connectivity index (χ4n) is 1.67. The average molecular weight is 310 g/mol. The molecule has 0 saturated carbocycles. The molecule has 1 aromatic carbocycles. The minimum atomic E-state index is -1.08. The fourth-order valence-corrected chi connectivity index (χ4v) is 2.07. The zero-order valence-corrected chi connectivity index (χ0v) is 11.4. The largest absolute Gasteiger partial charge is 0.475 e. The summed E-state index contributed by atoms with van der Waals surface area (Å²) < 4.78 is 6.23. The van der Waals surface area contributed by atoms with Crippen LogP contribution in [-0.2, 0) is 6.42 Å². The molecule has 2 aromatic rings. The number of carboxylic acid groups (broad SMARTS) is 1. The van der Waals surface area contributed by atoms with Crippen LogP contribution in [0.2, 0.25) is 0 Å². The highest BCUT2D eigenvalue weighted by Crippen LogP contribution is 2.25. The summed E-state index contributed by atoms with van der Waals surface area (Å²) in [4.78, 5) is 15.3. The summed E-state index contributed by atoms with van der Waals surface area (Å²) >= 11 is 3.36. The van der Waals surface area contributed by atoms with Crippen LogP contribution >= 0.6 is 15.9 Å². The van der Waals surface area contributed by atoms with E-state index in [0.29, 0.717) is 18.0 Å². The number of rotatable bonds is 4. The second-order valence-electron chi connectivity index (χ2n) is 3.86. The summed E-state index contributed by atoms with van der Waals surface area (Å²) in [5, 5.41) is 9.06. The molecule has 0 spiro atoms. The third kappa shape index (κ3) is 2.61. The summed E-state index contributed by atoms with van der Waals surface area (Å²) in [6, 6.07) is 7.41. The molecule has 0 radical (unpaired) electrons. The van der Waals surface area contributed by atoms with Crippen molar-refractivity contribution in [1.82, 2.24) is 4.98 Å². The molecule has 18 heavy (non-hydrogen) atoms. The highest BCUT2D eigenvalue weighted by Gasteiger charge is 2.19. The molecule has 0 amide bonds. The zero-order chi connectivity index (χ0) is 13.1. The Balaban J connectivity index is 2.46. The molecule has 2 rings (SSSR count). The molecule has 0 aliphatic carbocycles. The molecular weight excluding hydrogens is 298 g/mol. The lowest BCUT2D eigenvalue weighted by atomic mass is 10.2. The monoisotopic (exact) mass is 309 g/mol. The maximum atomic E-state index is 11.1. The molecule has 1 N–H and O–H groups in total. The molecule has 1 aromatic heterocycles. The second kappa shape index (κ2) is 5.35. The van der Waals surface area contributed by atoms with Crippen molar-refractivity contribution >= 4 is 21.9 Å². The van der Waals surface area contributed by atoms with Crippen LogP contribution in [0.3, 0.4) is 0 Å². The Bertz CT molecular complexity index is 577. The van der Waals surface area contributed by atoms with Crippen molar-refractivity contribution in [3.8, 4) is 11.5 Å². The second-order valence-corrected chi connectivity index (χ2v) is 4.78. The highest BCUT2D eigenvalue weighted by atomic mass is 79.9. The summed E-state index contributed by atoms with van der Waals surface area (Å²) in [6.07, 6.45) is 1.42. The van der Waals surface area contributed by atoms with Crippen LogP contribution in [0.15, 0.2) is 33.2 Å². The van der Waals surface area contributed by atoms with E-state index in [1.807, 2.05) is 31.2 Å². The molecule has 0 saturated heterocycles. The molecular formula is C13H12BrNO3. The molecule has 94 valence electrons. The van der Waals surface area contributed by atoms with Gasteiger partial charge in [-0.2, -0.15) is 0 Å². The summed E-state index contributed by atoms with van der Waals surface area (Å²) in [6.45, 7) is 1.97. The Hall–Kier alpha value is -1.62. The first kappa shape index (κ1) is 12.8. The molecule has 0 bridgehead atoms. The van der Waals surface area contributed by atoms with Crippen molar-refractivity contribution in [2.75, 3.05) is 0 Å². The number of aromatic carboxylic acids is 1. The van der Waals surface area contributed by atoms with Crippen LogP contribution in [0.5, 0.6) is 0 Å². The van der Waals surface area contributed by atoms with Crippen molar-refractivity contribution in [3.05, 3.63) is 40.2 Å². The molecule has 0 aliphatic heterocycles. The number of hydrogen-bond acceptors (Lipinski definition) is 3. The Kier molecular flexibility index (Phi) is 3.81. The van der Waals surface area contributed by atoms with Crippen molar-refractivity contribution in [2.45, 2.75) is 19.8 Å². The van der Waals surface area contributed by atoms with Gasteiger partial charge in [-0.1, -0.05) is 35.3 Å². The highest BCUT2D eigenvalue weighted by molar-refractivity contribution is 9.10. The number of carbonyl (C=O) groups is 1. The van der Waals surface area contributed by atoms with Crippen LogP contribution in [0.25, 0.3) is 11.5 Å². The minimum Gasteiger partial charge on any atom is -0.475 e. The van der Waals surface area contributed by atoms with Gasteiger partial charge in [-0.15, -0.1) is 0 Å². The van der Waals surface area contributed by atoms with E-state index in [1.165, 1.54) is 0 Å².